The monoisotopic (exact) mass is 581 g/mol. The lowest BCUT2D eigenvalue weighted by Crippen LogP contribution is -2.39. The van der Waals surface area contributed by atoms with Gasteiger partial charge in [-0.1, -0.05) is 24.6 Å². The second-order valence-electron chi connectivity index (χ2n) is 9.21. The van der Waals surface area contributed by atoms with Gasteiger partial charge < -0.3 is 24.4 Å². The zero-order chi connectivity index (χ0) is 28.6. The Hall–Kier alpha value is -3.82. The van der Waals surface area contributed by atoms with Crippen molar-refractivity contribution < 1.29 is 23.8 Å². The summed E-state index contributed by atoms with van der Waals surface area (Å²) in [6.07, 6.45) is 1.41. The molecule has 1 unspecified atom stereocenters. The Morgan fingerprint density at radius 1 is 1.00 bits per heavy atom. The third kappa shape index (κ3) is 6.84. The normalized spacial score (nSPS) is 14.8. The number of methoxy groups -OCH3 is 2. The highest BCUT2D eigenvalue weighted by atomic mass is 35.5. The van der Waals surface area contributed by atoms with E-state index in [0.717, 1.165) is 17.7 Å². The maximum absolute atomic E-state index is 13.7. The minimum atomic E-state index is -0.768. The van der Waals surface area contributed by atoms with E-state index < -0.39 is 6.04 Å². The quantitative estimate of drug-likeness (QED) is 0.274. The number of carbonyl (C=O) groups excluding carboxylic acids is 2. The largest absolute Gasteiger partial charge is 0.494 e. The SMILES string of the molecule is CCCOc1ccc(NC(=O)CC2C(=O)N(c3ccc(Cl)cc3)C(=S)N2CCc2ccc(OC)c(OC)c2)cc1. The molecule has 3 aromatic rings. The van der Waals surface area contributed by atoms with Gasteiger partial charge in [0.15, 0.2) is 16.6 Å². The summed E-state index contributed by atoms with van der Waals surface area (Å²) in [7, 11) is 3.17. The highest BCUT2D eigenvalue weighted by Gasteiger charge is 2.43. The van der Waals surface area contributed by atoms with E-state index in [4.69, 9.17) is 38.0 Å². The first-order chi connectivity index (χ1) is 19.3. The molecule has 10 heteroatoms. The van der Waals surface area contributed by atoms with Crippen molar-refractivity contribution in [3.8, 4) is 17.2 Å². The van der Waals surface area contributed by atoms with Gasteiger partial charge in [-0.2, -0.15) is 0 Å². The zero-order valence-electron chi connectivity index (χ0n) is 22.7. The average molecular weight is 582 g/mol. The van der Waals surface area contributed by atoms with Crippen LogP contribution in [-0.2, 0) is 16.0 Å². The minimum absolute atomic E-state index is 0.0664. The third-order valence-corrected chi connectivity index (χ3v) is 7.15. The number of hydrogen-bond acceptors (Lipinski definition) is 6. The van der Waals surface area contributed by atoms with Gasteiger partial charge in [0.1, 0.15) is 11.8 Å². The Labute approximate surface area is 244 Å². The van der Waals surface area contributed by atoms with Gasteiger partial charge in [-0.05, 0) is 91.3 Å². The predicted octanol–water partition coefficient (Wildman–Crippen LogP) is 5.72. The molecular formula is C30H32ClN3O5S. The van der Waals surface area contributed by atoms with Crippen LogP contribution in [0.5, 0.6) is 17.2 Å². The van der Waals surface area contributed by atoms with E-state index in [1.165, 1.54) is 4.90 Å². The molecule has 0 bridgehead atoms. The molecule has 4 rings (SSSR count). The van der Waals surface area contributed by atoms with Crippen LogP contribution < -0.4 is 24.4 Å². The topological polar surface area (TPSA) is 80.3 Å². The van der Waals surface area contributed by atoms with Gasteiger partial charge in [0.05, 0.1) is 32.9 Å². The number of nitrogens with zero attached hydrogens (tertiary/aromatic N) is 2. The molecule has 0 radical (unpaired) electrons. The van der Waals surface area contributed by atoms with Gasteiger partial charge in [-0.3, -0.25) is 14.5 Å². The predicted molar refractivity (Wildman–Crippen MR) is 161 cm³/mol. The van der Waals surface area contributed by atoms with Crippen LogP contribution in [0, 0.1) is 0 Å². The molecule has 0 spiro atoms. The Kier molecular flexibility index (Phi) is 9.84. The lowest BCUT2D eigenvalue weighted by molar-refractivity contribution is -0.124. The van der Waals surface area contributed by atoms with Gasteiger partial charge in [-0.15, -0.1) is 0 Å². The maximum atomic E-state index is 13.7. The second kappa shape index (κ2) is 13.5. The molecule has 2 amide bonds. The number of benzene rings is 3. The molecule has 8 nitrogen and oxygen atoms in total. The van der Waals surface area contributed by atoms with E-state index in [1.807, 2.05) is 30.0 Å². The first kappa shape index (κ1) is 29.2. The molecule has 1 fully saturated rings. The van der Waals surface area contributed by atoms with Crippen molar-refractivity contribution in [2.75, 3.05) is 37.6 Å². The van der Waals surface area contributed by atoms with E-state index in [1.54, 1.807) is 62.8 Å². The summed E-state index contributed by atoms with van der Waals surface area (Å²) in [5.74, 6) is 1.42. The van der Waals surface area contributed by atoms with Crippen molar-refractivity contribution in [3.63, 3.8) is 0 Å². The number of nitrogens with one attached hydrogen (secondary N) is 1. The minimum Gasteiger partial charge on any atom is -0.494 e. The Balaban J connectivity index is 1.52. The van der Waals surface area contributed by atoms with Crippen LogP contribution in [0.2, 0.25) is 5.02 Å². The molecule has 3 aromatic carbocycles. The molecule has 1 N–H and O–H groups in total. The molecule has 1 aliphatic heterocycles. The van der Waals surface area contributed by atoms with Gasteiger partial charge in [0.25, 0.3) is 5.91 Å². The molecule has 1 heterocycles. The number of thiocarbonyl (C=S) groups is 1. The highest BCUT2D eigenvalue weighted by Crippen LogP contribution is 2.31. The summed E-state index contributed by atoms with van der Waals surface area (Å²) in [6.45, 7) is 3.08. The van der Waals surface area contributed by atoms with Crippen molar-refractivity contribution in [3.05, 3.63) is 77.3 Å². The number of anilines is 2. The summed E-state index contributed by atoms with van der Waals surface area (Å²) in [4.78, 5) is 30.1. The van der Waals surface area contributed by atoms with E-state index in [0.29, 0.717) is 52.6 Å². The van der Waals surface area contributed by atoms with Gasteiger partial charge in [0, 0.05) is 17.3 Å². The van der Waals surface area contributed by atoms with E-state index in [2.05, 4.69) is 5.32 Å². The van der Waals surface area contributed by atoms with Crippen LogP contribution in [0.15, 0.2) is 66.7 Å². The number of carbonyl (C=O) groups is 2. The molecule has 0 saturated carbocycles. The Bertz CT molecular complexity index is 1350. The number of rotatable bonds is 12. The van der Waals surface area contributed by atoms with E-state index in [9.17, 15) is 9.59 Å². The third-order valence-electron chi connectivity index (χ3n) is 6.48. The number of amides is 2. The fraction of sp³-hybridized carbons (Fsp3) is 0.300. The lowest BCUT2D eigenvalue weighted by Gasteiger charge is -2.24. The van der Waals surface area contributed by atoms with Crippen LogP contribution in [0.3, 0.4) is 0 Å². The van der Waals surface area contributed by atoms with Crippen LogP contribution in [0.1, 0.15) is 25.3 Å². The molecule has 40 heavy (non-hydrogen) atoms. The van der Waals surface area contributed by atoms with E-state index in [-0.39, 0.29) is 18.2 Å². The lowest BCUT2D eigenvalue weighted by atomic mass is 10.1. The van der Waals surface area contributed by atoms with Crippen molar-refractivity contribution in [2.24, 2.45) is 0 Å². The number of halogens is 1. The van der Waals surface area contributed by atoms with Crippen molar-refractivity contribution in [1.29, 1.82) is 0 Å². The first-order valence-electron chi connectivity index (χ1n) is 13.0. The van der Waals surface area contributed by atoms with E-state index >= 15 is 0 Å². The first-order valence-corrected chi connectivity index (χ1v) is 13.8. The molecule has 1 saturated heterocycles. The fourth-order valence-electron chi connectivity index (χ4n) is 4.44. The summed E-state index contributed by atoms with van der Waals surface area (Å²) in [5.41, 5.74) is 2.20. The van der Waals surface area contributed by atoms with Crippen LogP contribution in [0.4, 0.5) is 11.4 Å². The summed E-state index contributed by atoms with van der Waals surface area (Å²) >= 11 is 11.8. The molecule has 0 aromatic heterocycles. The van der Waals surface area contributed by atoms with Crippen LogP contribution in [-0.4, -0.2) is 55.2 Å². The van der Waals surface area contributed by atoms with Crippen molar-refractivity contribution >= 4 is 52.1 Å². The van der Waals surface area contributed by atoms with Crippen molar-refractivity contribution in [2.45, 2.75) is 32.2 Å². The Morgan fingerprint density at radius 3 is 2.35 bits per heavy atom. The zero-order valence-corrected chi connectivity index (χ0v) is 24.3. The maximum Gasteiger partial charge on any atom is 0.256 e. The molecule has 1 atom stereocenters. The van der Waals surface area contributed by atoms with Crippen LogP contribution >= 0.6 is 23.8 Å². The molecule has 210 valence electrons. The summed E-state index contributed by atoms with van der Waals surface area (Å²) in [5, 5.41) is 3.77. The molecule has 1 aliphatic rings. The van der Waals surface area contributed by atoms with Crippen LogP contribution in [0.25, 0.3) is 0 Å². The fourth-order valence-corrected chi connectivity index (χ4v) is 4.98. The van der Waals surface area contributed by atoms with Crippen molar-refractivity contribution in [1.82, 2.24) is 4.90 Å². The standard InChI is InChI=1S/C30H32ClN3O5S/c1-4-17-39-24-12-8-22(9-13-24)32-28(35)19-25-29(36)34(23-10-6-21(31)7-11-23)30(40)33(25)16-15-20-5-14-26(37-2)27(18-20)38-3/h5-14,18,25H,4,15-17,19H2,1-3H3,(H,32,35). The summed E-state index contributed by atoms with van der Waals surface area (Å²) < 4.78 is 16.4. The van der Waals surface area contributed by atoms with Gasteiger partial charge >= 0.3 is 0 Å². The smallest absolute Gasteiger partial charge is 0.256 e. The number of hydrogen-bond donors (Lipinski definition) is 1. The average Bonchev–Trinajstić information content (AvgIpc) is 3.19. The number of ether oxygens (including phenoxy) is 3. The second-order valence-corrected chi connectivity index (χ2v) is 10.0. The summed E-state index contributed by atoms with van der Waals surface area (Å²) in [6, 6.07) is 19.0. The highest BCUT2D eigenvalue weighted by molar-refractivity contribution is 7.80. The Morgan fingerprint density at radius 2 is 1.70 bits per heavy atom. The molecule has 0 aliphatic carbocycles. The van der Waals surface area contributed by atoms with Gasteiger partial charge in [0.2, 0.25) is 5.91 Å². The van der Waals surface area contributed by atoms with Gasteiger partial charge in [-0.25, -0.2) is 0 Å². The molecular weight excluding hydrogens is 550 g/mol.